The highest BCUT2D eigenvalue weighted by molar-refractivity contribution is 5.70. The molecule has 0 bridgehead atoms. The Morgan fingerprint density at radius 1 is 1.00 bits per heavy atom. The van der Waals surface area contributed by atoms with Crippen molar-refractivity contribution in [2.24, 2.45) is 0 Å². The molecule has 27 heavy (non-hydrogen) atoms. The summed E-state index contributed by atoms with van der Waals surface area (Å²) in [6.45, 7) is 6.20. The molecule has 0 aliphatic heterocycles. The molecule has 0 saturated carbocycles. The molecule has 1 N–H and O–H groups in total. The molecule has 0 radical (unpaired) electrons. The summed E-state index contributed by atoms with van der Waals surface area (Å²) in [5, 5.41) is 8.91. The number of carbonyl (C=O) groups excluding carboxylic acids is 1. The van der Waals surface area contributed by atoms with E-state index in [1.54, 1.807) is 0 Å². The maximum absolute atomic E-state index is 10.8. The third kappa shape index (κ3) is 11.6. The van der Waals surface area contributed by atoms with E-state index in [4.69, 9.17) is 9.84 Å². The normalized spacial score (nSPS) is 12.7. The van der Waals surface area contributed by atoms with E-state index in [1.165, 1.54) is 25.7 Å². The fourth-order valence-electron chi connectivity index (χ4n) is 3.19. The lowest BCUT2D eigenvalue weighted by Crippen LogP contribution is -2.22. The molecule has 152 valence electrons. The number of unbranched alkanes of at least 4 members (excludes halogenated alkanes) is 7. The molecule has 1 rings (SSSR count). The Morgan fingerprint density at radius 3 is 2.07 bits per heavy atom. The molecule has 1 atom stereocenters. The van der Waals surface area contributed by atoms with Crippen molar-refractivity contribution in [3.8, 4) is 0 Å². The number of rotatable bonds is 14. The number of hydrogen-bond acceptors (Lipinski definition) is 3. The number of aldehydes is 1. The summed E-state index contributed by atoms with van der Waals surface area (Å²) in [7, 11) is 0. The van der Waals surface area contributed by atoms with Gasteiger partial charge < -0.3 is 14.6 Å². The van der Waals surface area contributed by atoms with Crippen LogP contribution in [0.5, 0.6) is 0 Å². The second-order valence-electron chi connectivity index (χ2n) is 8.25. The second-order valence-corrected chi connectivity index (χ2v) is 8.25. The molecule has 1 unspecified atom stereocenters. The van der Waals surface area contributed by atoms with Gasteiger partial charge in [0, 0.05) is 6.42 Å². The fraction of sp³-hybridized carbons (Fsp3) is 0.652. The van der Waals surface area contributed by atoms with Gasteiger partial charge in [0.1, 0.15) is 6.29 Å². The molecule has 0 aromatic heterocycles. The molecule has 0 fully saturated rings. The van der Waals surface area contributed by atoms with E-state index in [2.05, 4.69) is 20.8 Å². The Hall–Kier alpha value is -1.68. The standard InChI is InChI=1S/C23H36O4/c1-23(2,3)27-21(12-10-8-6-4-5-7-9-11-17-24)20-15-13-19(14-16-20)18-22(25)26/h13-17,21H,4-12,18H2,1-3H3,(H,25,26). The quantitative estimate of drug-likeness (QED) is 0.325. The van der Waals surface area contributed by atoms with Crippen molar-refractivity contribution in [2.45, 2.75) is 96.7 Å². The number of aliphatic carboxylic acids is 1. The van der Waals surface area contributed by atoms with Gasteiger partial charge in [-0.05, 0) is 44.7 Å². The van der Waals surface area contributed by atoms with Gasteiger partial charge in [0.25, 0.3) is 0 Å². The van der Waals surface area contributed by atoms with Crippen LogP contribution in [-0.4, -0.2) is 23.0 Å². The maximum atomic E-state index is 10.8. The molecule has 4 nitrogen and oxygen atoms in total. The first kappa shape index (κ1) is 23.4. The summed E-state index contributed by atoms with van der Waals surface area (Å²) < 4.78 is 6.27. The van der Waals surface area contributed by atoms with Gasteiger partial charge in [-0.25, -0.2) is 0 Å². The molecule has 1 aromatic rings. The average molecular weight is 377 g/mol. The van der Waals surface area contributed by atoms with Gasteiger partial charge in [0.2, 0.25) is 0 Å². The van der Waals surface area contributed by atoms with E-state index < -0.39 is 5.97 Å². The predicted octanol–water partition coefficient (Wildman–Crippen LogP) is 5.88. The summed E-state index contributed by atoms with van der Waals surface area (Å²) in [5.41, 5.74) is 1.71. The van der Waals surface area contributed by atoms with Crippen LogP contribution in [0.3, 0.4) is 0 Å². The Balaban J connectivity index is 2.45. The minimum Gasteiger partial charge on any atom is -0.481 e. The zero-order valence-corrected chi connectivity index (χ0v) is 17.2. The molecular weight excluding hydrogens is 340 g/mol. The van der Waals surface area contributed by atoms with Gasteiger partial charge in [0.15, 0.2) is 0 Å². The summed E-state index contributed by atoms with van der Waals surface area (Å²) in [6.07, 6.45) is 10.9. The van der Waals surface area contributed by atoms with Crippen molar-refractivity contribution in [1.82, 2.24) is 0 Å². The minimum absolute atomic E-state index is 0.0384. The Morgan fingerprint density at radius 2 is 1.56 bits per heavy atom. The SMILES string of the molecule is CC(C)(C)OC(CCCCCCCCCC=O)c1ccc(CC(=O)O)cc1. The van der Waals surface area contributed by atoms with Crippen molar-refractivity contribution < 1.29 is 19.4 Å². The van der Waals surface area contributed by atoms with Crippen molar-refractivity contribution in [1.29, 1.82) is 0 Å². The van der Waals surface area contributed by atoms with Gasteiger partial charge in [-0.15, -0.1) is 0 Å². The molecule has 1 aromatic carbocycles. The molecule has 0 heterocycles. The van der Waals surface area contributed by atoms with Crippen LogP contribution in [0.25, 0.3) is 0 Å². The lowest BCUT2D eigenvalue weighted by Gasteiger charge is -2.28. The Bertz CT molecular complexity index is 542. The van der Waals surface area contributed by atoms with E-state index in [0.717, 1.165) is 43.1 Å². The van der Waals surface area contributed by atoms with E-state index in [0.29, 0.717) is 6.42 Å². The lowest BCUT2D eigenvalue weighted by molar-refractivity contribution is -0.136. The van der Waals surface area contributed by atoms with Gasteiger partial charge in [0.05, 0.1) is 18.1 Å². The third-order valence-corrected chi connectivity index (χ3v) is 4.49. The molecule has 4 heteroatoms. The fourth-order valence-corrected chi connectivity index (χ4v) is 3.19. The maximum Gasteiger partial charge on any atom is 0.307 e. The summed E-state index contributed by atoms with van der Waals surface area (Å²) in [4.78, 5) is 21.1. The summed E-state index contributed by atoms with van der Waals surface area (Å²) in [5.74, 6) is -0.809. The van der Waals surface area contributed by atoms with E-state index in [-0.39, 0.29) is 18.1 Å². The number of benzene rings is 1. The van der Waals surface area contributed by atoms with E-state index >= 15 is 0 Å². The number of ether oxygens (including phenoxy) is 1. The van der Waals surface area contributed by atoms with Gasteiger partial charge in [-0.3, -0.25) is 4.79 Å². The highest BCUT2D eigenvalue weighted by Gasteiger charge is 2.20. The van der Waals surface area contributed by atoms with Crippen molar-refractivity contribution in [2.75, 3.05) is 0 Å². The summed E-state index contributed by atoms with van der Waals surface area (Å²) >= 11 is 0. The first-order valence-corrected chi connectivity index (χ1v) is 10.2. The molecule has 0 amide bonds. The Kier molecular flexibility index (Phi) is 11.0. The van der Waals surface area contributed by atoms with Crippen LogP contribution in [0.15, 0.2) is 24.3 Å². The van der Waals surface area contributed by atoms with E-state index in [9.17, 15) is 9.59 Å². The number of hydrogen-bond donors (Lipinski definition) is 1. The number of carbonyl (C=O) groups is 2. The molecule has 0 aliphatic carbocycles. The van der Waals surface area contributed by atoms with Crippen LogP contribution >= 0.6 is 0 Å². The Labute approximate surface area is 164 Å². The van der Waals surface area contributed by atoms with Crippen LogP contribution in [0, 0.1) is 0 Å². The van der Waals surface area contributed by atoms with Crippen molar-refractivity contribution in [3.63, 3.8) is 0 Å². The van der Waals surface area contributed by atoms with Crippen LogP contribution < -0.4 is 0 Å². The van der Waals surface area contributed by atoms with Gasteiger partial charge in [-0.2, -0.15) is 0 Å². The molecule has 0 aliphatic rings. The lowest BCUT2D eigenvalue weighted by atomic mass is 9.99. The monoisotopic (exact) mass is 376 g/mol. The minimum atomic E-state index is -0.809. The number of carboxylic acids is 1. The third-order valence-electron chi connectivity index (χ3n) is 4.49. The highest BCUT2D eigenvalue weighted by Crippen LogP contribution is 2.29. The average Bonchev–Trinajstić information content (AvgIpc) is 2.58. The highest BCUT2D eigenvalue weighted by atomic mass is 16.5. The van der Waals surface area contributed by atoms with Crippen LogP contribution in [0.1, 0.15) is 95.8 Å². The van der Waals surface area contributed by atoms with Crippen LogP contribution in [0.2, 0.25) is 0 Å². The van der Waals surface area contributed by atoms with Crippen LogP contribution in [-0.2, 0) is 20.7 Å². The van der Waals surface area contributed by atoms with E-state index in [1.807, 2.05) is 24.3 Å². The molecule has 0 spiro atoms. The number of carboxylic acid groups (broad SMARTS) is 1. The van der Waals surface area contributed by atoms with Crippen LogP contribution in [0.4, 0.5) is 0 Å². The molecular formula is C23H36O4. The predicted molar refractivity (Wildman–Crippen MR) is 109 cm³/mol. The summed E-state index contributed by atoms with van der Waals surface area (Å²) in [6, 6.07) is 7.78. The molecule has 0 saturated heterocycles. The zero-order chi connectivity index (χ0) is 20.1. The smallest absolute Gasteiger partial charge is 0.307 e. The van der Waals surface area contributed by atoms with Crippen molar-refractivity contribution in [3.05, 3.63) is 35.4 Å². The van der Waals surface area contributed by atoms with Crippen molar-refractivity contribution >= 4 is 12.3 Å². The first-order chi connectivity index (χ1) is 12.8. The topological polar surface area (TPSA) is 63.6 Å². The second kappa shape index (κ2) is 12.7. The van der Waals surface area contributed by atoms with Gasteiger partial charge >= 0.3 is 5.97 Å². The van der Waals surface area contributed by atoms with Gasteiger partial charge in [-0.1, -0.05) is 62.8 Å². The first-order valence-electron chi connectivity index (χ1n) is 10.2. The zero-order valence-electron chi connectivity index (χ0n) is 17.2. The largest absolute Gasteiger partial charge is 0.481 e.